The Balaban J connectivity index is 1.84. The maximum Gasteiger partial charge on any atom is 0.251 e. The number of methoxy groups -OCH3 is 1. The number of benzene rings is 1. The van der Waals surface area contributed by atoms with Crippen LogP contribution in [-0.4, -0.2) is 55.1 Å². The van der Waals surface area contributed by atoms with Crippen molar-refractivity contribution in [3.05, 3.63) is 35.6 Å². The lowest BCUT2D eigenvalue weighted by Gasteiger charge is -2.36. The van der Waals surface area contributed by atoms with Crippen LogP contribution in [0.4, 0.5) is 4.39 Å². The average molecular weight is 294 g/mol. The number of rotatable bonds is 5. The minimum atomic E-state index is -0.334. The molecular weight excluding hydrogens is 271 g/mol. The molecule has 1 atom stereocenters. The van der Waals surface area contributed by atoms with Gasteiger partial charge in [0.05, 0.1) is 0 Å². The Morgan fingerprint density at radius 1 is 1.33 bits per heavy atom. The summed E-state index contributed by atoms with van der Waals surface area (Å²) < 4.78 is 18.4. The number of nitrogens with zero attached hydrogens (tertiary/aromatic N) is 2. The maximum atomic E-state index is 13.2. The Morgan fingerprint density at radius 3 is 2.62 bits per heavy atom. The van der Waals surface area contributed by atoms with E-state index in [9.17, 15) is 9.18 Å². The zero-order valence-corrected chi connectivity index (χ0v) is 12.7. The van der Waals surface area contributed by atoms with Crippen LogP contribution in [0, 0.1) is 5.82 Å². The molecule has 2 rings (SSSR count). The third-order valence-corrected chi connectivity index (χ3v) is 3.91. The molecule has 0 bridgehead atoms. The third kappa shape index (κ3) is 4.25. The van der Waals surface area contributed by atoms with Gasteiger partial charge in [-0.1, -0.05) is 19.1 Å². The Bertz CT molecular complexity index is 469. The van der Waals surface area contributed by atoms with Crippen molar-refractivity contribution in [1.82, 2.24) is 9.80 Å². The van der Waals surface area contributed by atoms with Gasteiger partial charge in [0.25, 0.3) is 5.91 Å². The van der Waals surface area contributed by atoms with Crippen LogP contribution in [0.2, 0.25) is 0 Å². The van der Waals surface area contributed by atoms with E-state index >= 15 is 0 Å². The Morgan fingerprint density at radius 2 is 2.05 bits per heavy atom. The SMILES string of the molecule is CC[C@@H](OC)C(=O)N1CCN(Cc2cccc(F)c2)CC1. The predicted octanol–water partition coefficient (Wildman–Crippen LogP) is 1.89. The molecule has 21 heavy (non-hydrogen) atoms. The predicted molar refractivity (Wildman–Crippen MR) is 79.3 cm³/mol. The highest BCUT2D eigenvalue weighted by Crippen LogP contribution is 2.12. The van der Waals surface area contributed by atoms with Crippen molar-refractivity contribution in [3.8, 4) is 0 Å². The second-order valence-electron chi connectivity index (χ2n) is 5.36. The fourth-order valence-electron chi connectivity index (χ4n) is 2.67. The van der Waals surface area contributed by atoms with Gasteiger partial charge in [-0.25, -0.2) is 4.39 Å². The first-order chi connectivity index (χ1) is 10.1. The fraction of sp³-hybridized carbons (Fsp3) is 0.562. The van der Waals surface area contributed by atoms with Crippen molar-refractivity contribution in [2.24, 2.45) is 0 Å². The Labute approximate surface area is 125 Å². The minimum absolute atomic E-state index is 0.0744. The van der Waals surface area contributed by atoms with Crippen LogP contribution in [0.25, 0.3) is 0 Å². The van der Waals surface area contributed by atoms with Crippen molar-refractivity contribution < 1.29 is 13.9 Å². The average Bonchev–Trinajstić information content (AvgIpc) is 2.49. The molecule has 1 aliphatic heterocycles. The second kappa shape index (κ2) is 7.52. The van der Waals surface area contributed by atoms with Crippen molar-refractivity contribution in [3.63, 3.8) is 0 Å². The first-order valence-electron chi connectivity index (χ1n) is 7.42. The van der Waals surface area contributed by atoms with Crippen molar-refractivity contribution in [2.45, 2.75) is 26.0 Å². The number of halogens is 1. The number of hydrogen-bond donors (Lipinski definition) is 0. The minimum Gasteiger partial charge on any atom is -0.372 e. The topological polar surface area (TPSA) is 32.8 Å². The molecule has 1 aromatic carbocycles. The molecule has 0 radical (unpaired) electrons. The van der Waals surface area contributed by atoms with Gasteiger partial charge in [0.1, 0.15) is 11.9 Å². The molecule has 1 saturated heterocycles. The lowest BCUT2D eigenvalue weighted by atomic mass is 10.1. The lowest BCUT2D eigenvalue weighted by Crippen LogP contribution is -2.51. The smallest absolute Gasteiger partial charge is 0.251 e. The van der Waals surface area contributed by atoms with Crippen LogP contribution < -0.4 is 0 Å². The first-order valence-corrected chi connectivity index (χ1v) is 7.42. The van der Waals surface area contributed by atoms with E-state index in [1.807, 2.05) is 17.9 Å². The summed E-state index contributed by atoms with van der Waals surface area (Å²) in [5, 5.41) is 0. The number of amides is 1. The van der Waals surface area contributed by atoms with Gasteiger partial charge in [-0.15, -0.1) is 0 Å². The maximum absolute atomic E-state index is 13.2. The van der Waals surface area contributed by atoms with Gasteiger partial charge in [0, 0.05) is 39.8 Å². The number of hydrogen-bond acceptors (Lipinski definition) is 3. The molecule has 1 aromatic rings. The zero-order chi connectivity index (χ0) is 15.2. The Kier molecular flexibility index (Phi) is 5.70. The lowest BCUT2D eigenvalue weighted by molar-refractivity contribution is -0.144. The third-order valence-electron chi connectivity index (χ3n) is 3.91. The zero-order valence-electron chi connectivity index (χ0n) is 12.7. The highest BCUT2D eigenvalue weighted by molar-refractivity contribution is 5.81. The summed E-state index contributed by atoms with van der Waals surface area (Å²) in [4.78, 5) is 16.3. The van der Waals surface area contributed by atoms with Gasteiger partial charge < -0.3 is 9.64 Å². The molecular formula is C16H23FN2O2. The van der Waals surface area contributed by atoms with Gasteiger partial charge in [0.15, 0.2) is 0 Å². The largest absolute Gasteiger partial charge is 0.372 e. The van der Waals surface area contributed by atoms with E-state index in [4.69, 9.17) is 4.74 Å². The summed E-state index contributed by atoms with van der Waals surface area (Å²) in [5.74, 6) is -0.127. The molecule has 0 unspecified atom stereocenters. The fourth-order valence-corrected chi connectivity index (χ4v) is 2.67. The molecule has 4 nitrogen and oxygen atoms in total. The van der Waals surface area contributed by atoms with Crippen LogP contribution in [0.5, 0.6) is 0 Å². The highest BCUT2D eigenvalue weighted by atomic mass is 19.1. The molecule has 1 amide bonds. The van der Waals surface area contributed by atoms with E-state index < -0.39 is 0 Å². The van der Waals surface area contributed by atoms with E-state index in [-0.39, 0.29) is 17.8 Å². The summed E-state index contributed by atoms with van der Waals surface area (Å²) in [7, 11) is 1.58. The molecule has 0 saturated carbocycles. The molecule has 5 heteroatoms. The van der Waals surface area contributed by atoms with Crippen molar-refractivity contribution >= 4 is 5.91 Å². The van der Waals surface area contributed by atoms with Gasteiger partial charge in [-0.2, -0.15) is 0 Å². The van der Waals surface area contributed by atoms with Crippen LogP contribution in [0.3, 0.4) is 0 Å². The number of piperazine rings is 1. The molecule has 0 spiro atoms. The quantitative estimate of drug-likeness (QED) is 0.831. The van der Waals surface area contributed by atoms with Crippen molar-refractivity contribution in [2.75, 3.05) is 33.3 Å². The summed E-state index contributed by atoms with van der Waals surface area (Å²) in [6.45, 7) is 5.69. The van der Waals surface area contributed by atoms with E-state index in [1.54, 1.807) is 19.2 Å². The summed E-state index contributed by atoms with van der Waals surface area (Å²) in [5.41, 5.74) is 0.970. The van der Waals surface area contributed by atoms with Crippen LogP contribution in [-0.2, 0) is 16.1 Å². The molecule has 0 aromatic heterocycles. The van der Waals surface area contributed by atoms with Crippen LogP contribution >= 0.6 is 0 Å². The van der Waals surface area contributed by atoms with Gasteiger partial charge in [-0.3, -0.25) is 9.69 Å². The van der Waals surface area contributed by atoms with E-state index in [0.29, 0.717) is 19.5 Å². The molecule has 0 N–H and O–H groups in total. The summed E-state index contributed by atoms with van der Waals surface area (Å²) in [6.07, 6.45) is 0.360. The van der Waals surface area contributed by atoms with Gasteiger partial charge in [0.2, 0.25) is 0 Å². The van der Waals surface area contributed by atoms with E-state index in [1.165, 1.54) is 6.07 Å². The van der Waals surface area contributed by atoms with Gasteiger partial charge >= 0.3 is 0 Å². The van der Waals surface area contributed by atoms with E-state index in [2.05, 4.69) is 4.90 Å². The van der Waals surface area contributed by atoms with Crippen LogP contribution in [0.1, 0.15) is 18.9 Å². The van der Waals surface area contributed by atoms with Crippen LogP contribution in [0.15, 0.2) is 24.3 Å². The second-order valence-corrected chi connectivity index (χ2v) is 5.36. The van der Waals surface area contributed by atoms with Crippen molar-refractivity contribution in [1.29, 1.82) is 0 Å². The summed E-state index contributed by atoms with van der Waals surface area (Å²) >= 11 is 0. The molecule has 1 aliphatic rings. The monoisotopic (exact) mass is 294 g/mol. The molecule has 116 valence electrons. The number of carbonyl (C=O) groups is 1. The molecule has 1 fully saturated rings. The Hall–Kier alpha value is -1.46. The summed E-state index contributed by atoms with van der Waals surface area (Å²) in [6, 6.07) is 6.68. The normalized spacial score (nSPS) is 17.8. The van der Waals surface area contributed by atoms with Gasteiger partial charge in [-0.05, 0) is 24.1 Å². The standard InChI is InChI=1S/C16H23FN2O2/c1-3-15(21-2)16(20)19-9-7-18(8-10-19)12-13-5-4-6-14(17)11-13/h4-6,11,15H,3,7-10,12H2,1-2H3/t15-/m1/s1. The first kappa shape index (κ1) is 15.9. The highest BCUT2D eigenvalue weighted by Gasteiger charge is 2.26. The van der Waals surface area contributed by atoms with E-state index in [0.717, 1.165) is 25.2 Å². The number of ether oxygens (including phenoxy) is 1. The molecule has 0 aliphatic carbocycles. The number of carbonyl (C=O) groups excluding carboxylic acids is 1. The molecule has 1 heterocycles.